The van der Waals surface area contributed by atoms with Crippen molar-refractivity contribution in [2.45, 2.75) is 45.9 Å². The maximum atomic E-state index is 13.1. The molecule has 2 heterocycles. The van der Waals surface area contributed by atoms with Gasteiger partial charge in [0.1, 0.15) is 11.4 Å². The van der Waals surface area contributed by atoms with Crippen molar-refractivity contribution in [1.82, 2.24) is 9.80 Å². The minimum atomic E-state index is -0.239. The van der Waals surface area contributed by atoms with Gasteiger partial charge in [0.05, 0.1) is 24.9 Å². The average Bonchev–Trinajstić information content (AvgIpc) is 2.84. The lowest BCUT2D eigenvalue weighted by atomic mass is 10.0. The predicted molar refractivity (Wildman–Crippen MR) is 98.5 cm³/mol. The molecule has 6 nitrogen and oxygen atoms in total. The summed E-state index contributed by atoms with van der Waals surface area (Å²) in [5.74, 6) is 0.246. The highest BCUT2D eigenvalue weighted by atomic mass is 16.5. The molecule has 6 heteroatoms. The summed E-state index contributed by atoms with van der Waals surface area (Å²) in [6.45, 7) is 8.86. The molecule has 0 spiro atoms. The lowest BCUT2D eigenvalue weighted by Gasteiger charge is -2.37. The number of nitrogens with zero attached hydrogens (tertiary/aromatic N) is 2. The maximum absolute atomic E-state index is 13.1. The first-order chi connectivity index (χ1) is 12.3. The van der Waals surface area contributed by atoms with Crippen molar-refractivity contribution in [2.24, 2.45) is 0 Å². The Morgan fingerprint density at radius 3 is 2.12 bits per heavy atom. The van der Waals surface area contributed by atoms with E-state index in [-0.39, 0.29) is 30.1 Å². The highest BCUT2D eigenvalue weighted by Crippen LogP contribution is 2.34. The molecule has 0 aromatic heterocycles. The number of imide groups is 1. The number of morpholine rings is 1. The van der Waals surface area contributed by atoms with Crippen LogP contribution in [0.15, 0.2) is 30.0 Å². The Labute approximate surface area is 154 Å². The number of amides is 2. The molecule has 1 aromatic carbocycles. The van der Waals surface area contributed by atoms with Gasteiger partial charge in [0.15, 0.2) is 0 Å². The van der Waals surface area contributed by atoms with Crippen LogP contribution in [0.2, 0.25) is 0 Å². The van der Waals surface area contributed by atoms with E-state index in [0.29, 0.717) is 30.1 Å². The number of benzene rings is 1. The number of rotatable bonds is 4. The number of hydrogen-bond acceptors (Lipinski definition) is 5. The third-order valence-corrected chi connectivity index (χ3v) is 4.72. The third kappa shape index (κ3) is 3.21. The molecule has 0 N–H and O–H groups in total. The van der Waals surface area contributed by atoms with Crippen molar-refractivity contribution in [3.8, 4) is 5.75 Å². The molecule has 1 aromatic rings. The van der Waals surface area contributed by atoms with Crippen LogP contribution in [0, 0.1) is 0 Å². The minimum absolute atomic E-state index is 0.000584. The van der Waals surface area contributed by atoms with Gasteiger partial charge in [-0.1, -0.05) is 12.1 Å². The second kappa shape index (κ2) is 7.11. The van der Waals surface area contributed by atoms with Crippen LogP contribution in [0.25, 0.3) is 5.57 Å². The Morgan fingerprint density at radius 2 is 1.62 bits per heavy atom. The second-order valence-electron chi connectivity index (χ2n) is 7.19. The molecule has 2 atom stereocenters. The van der Waals surface area contributed by atoms with Crippen molar-refractivity contribution < 1.29 is 19.1 Å². The van der Waals surface area contributed by atoms with E-state index in [4.69, 9.17) is 9.47 Å². The van der Waals surface area contributed by atoms with E-state index in [9.17, 15) is 9.59 Å². The van der Waals surface area contributed by atoms with Gasteiger partial charge in [-0.05, 0) is 45.4 Å². The Hall–Kier alpha value is -2.34. The van der Waals surface area contributed by atoms with E-state index in [1.54, 1.807) is 19.2 Å². The van der Waals surface area contributed by atoms with Crippen molar-refractivity contribution >= 4 is 17.4 Å². The Kier molecular flexibility index (Phi) is 5.05. The van der Waals surface area contributed by atoms with E-state index in [1.165, 1.54) is 4.90 Å². The maximum Gasteiger partial charge on any atom is 0.278 e. The van der Waals surface area contributed by atoms with Gasteiger partial charge in [-0.2, -0.15) is 0 Å². The van der Waals surface area contributed by atoms with E-state index in [2.05, 4.69) is 0 Å². The van der Waals surface area contributed by atoms with Gasteiger partial charge in [0, 0.05) is 19.1 Å². The molecule has 0 bridgehead atoms. The van der Waals surface area contributed by atoms with Crippen LogP contribution < -0.4 is 4.74 Å². The van der Waals surface area contributed by atoms with Crippen LogP contribution in [0.4, 0.5) is 0 Å². The molecule has 1 saturated heterocycles. The topological polar surface area (TPSA) is 59.1 Å². The number of methoxy groups -OCH3 is 1. The molecule has 0 radical (unpaired) electrons. The zero-order valence-electron chi connectivity index (χ0n) is 16.0. The molecule has 26 heavy (non-hydrogen) atoms. The fourth-order valence-electron chi connectivity index (χ4n) is 3.68. The highest BCUT2D eigenvalue weighted by Gasteiger charge is 2.44. The van der Waals surface area contributed by atoms with Gasteiger partial charge < -0.3 is 14.4 Å². The van der Waals surface area contributed by atoms with Crippen molar-refractivity contribution in [3.63, 3.8) is 0 Å². The first kappa shape index (κ1) is 18.5. The van der Waals surface area contributed by atoms with Crippen LogP contribution in [0.1, 0.15) is 33.3 Å². The zero-order chi connectivity index (χ0) is 19.0. The van der Waals surface area contributed by atoms with Gasteiger partial charge in [-0.15, -0.1) is 0 Å². The van der Waals surface area contributed by atoms with Crippen LogP contribution in [0.5, 0.6) is 5.75 Å². The predicted octanol–water partition coefficient (Wildman–Crippen LogP) is 2.29. The fraction of sp³-hybridized carbons (Fsp3) is 0.500. The first-order valence-corrected chi connectivity index (χ1v) is 9.00. The highest BCUT2D eigenvalue weighted by molar-refractivity contribution is 6.35. The van der Waals surface area contributed by atoms with Crippen molar-refractivity contribution in [1.29, 1.82) is 0 Å². The number of carbonyl (C=O) groups excluding carboxylic acids is 2. The lowest BCUT2D eigenvalue weighted by Crippen LogP contribution is -2.47. The number of ether oxygens (including phenoxy) is 2. The lowest BCUT2D eigenvalue weighted by molar-refractivity contribution is -0.140. The molecule has 1 fully saturated rings. The molecular weight excluding hydrogens is 332 g/mol. The number of carbonyl (C=O) groups is 2. The molecule has 3 rings (SSSR count). The minimum Gasteiger partial charge on any atom is -0.497 e. The Bertz CT molecular complexity index is 729. The van der Waals surface area contributed by atoms with Crippen LogP contribution in [0.3, 0.4) is 0 Å². The summed E-state index contributed by atoms with van der Waals surface area (Å²) in [5, 5.41) is 0. The summed E-state index contributed by atoms with van der Waals surface area (Å²) in [5.41, 5.74) is 1.68. The monoisotopic (exact) mass is 358 g/mol. The molecule has 140 valence electrons. The average molecular weight is 358 g/mol. The van der Waals surface area contributed by atoms with Gasteiger partial charge >= 0.3 is 0 Å². The van der Waals surface area contributed by atoms with E-state index < -0.39 is 0 Å². The Balaban J connectivity index is 2.09. The Morgan fingerprint density at radius 1 is 1.04 bits per heavy atom. The van der Waals surface area contributed by atoms with Crippen LogP contribution >= 0.6 is 0 Å². The number of hydrogen-bond donors (Lipinski definition) is 0. The van der Waals surface area contributed by atoms with Crippen molar-refractivity contribution in [3.05, 3.63) is 35.5 Å². The van der Waals surface area contributed by atoms with Crippen LogP contribution in [-0.4, -0.2) is 60.1 Å². The summed E-state index contributed by atoms with van der Waals surface area (Å²) >= 11 is 0. The van der Waals surface area contributed by atoms with E-state index >= 15 is 0 Å². The normalized spacial score (nSPS) is 24.1. The summed E-state index contributed by atoms with van der Waals surface area (Å²) < 4.78 is 11.0. The molecule has 0 saturated carbocycles. The molecule has 2 aliphatic heterocycles. The SMILES string of the molecule is COc1ccc(C2=C(N3CC(C)OC(C)C3)C(=O)N(C(C)C)C2=O)cc1. The smallest absolute Gasteiger partial charge is 0.278 e. The van der Waals surface area contributed by atoms with Gasteiger partial charge in [-0.25, -0.2) is 0 Å². The van der Waals surface area contributed by atoms with Gasteiger partial charge in [0.2, 0.25) is 0 Å². The summed E-state index contributed by atoms with van der Waals surface area (Å²) in [6, 6.07) is 7.07. The van der Waals surface area contributed by atoms with Gasteiger partial charge in [-0.3, -0.25) is 14.5 Å². The summed E-state index contributed by atoms with van der Waals surface area (Å²) in [7, 11) is 1.60. The molecule has 2 amide bonds. The second-order valence-corrected chi connectivity index (χ2v) is 7.19. The largest absolute Gasteiger partial charge is 0.497 e. The van der Waals surface area contributed by atoms with Crippen LogP contribution in [-0.2, 0) is 14.3 Å². The van der Waals surface area contributed by atoms with E-state index in [1.807, 2.05) is 44.7 Å². The molecular formula is C20H26N2O4. The van der Waals surface area contributed by atoms with E-state index in [0.717, 1.165) is 5.56 Å². The third-order valence-electron chi connectivity index (χ3n) is 4.72. The quantitative estimate of drug-likeness (QED) is 0.773. The fourth-order valence-corrected chi connectivity index (χ4v) is 3.68. The molecule has 2 unspecified atom stereocenters. The van der Waals surface area contributed by atoms with Gasteiger partial charge in [0.25, 0.3) is 11.8 Å². The molecule has 2 aliphatic rings. The first-order valence-electron chi connectivity index (χ1n) is 9.00. The standard InChI is InChI=1S/C20H26N2O4/c1-12(2)22-19(23)17(15-6-8-16(25-5)9-7-15)18(20(22)24)21-10-13(3)26-14(4)11-21/h6-9,12-14H,10-11H2,1-5H3. The summed E-state index contributed by atoms with van der Waals surface area (Å²) in [4.78, 5) is 29.6. The molecule has 0 aliphatic carbocycles. The summed E-state index contributed by atoms with van der Waals surface area (Å²) in [6.07, 6.45) is -0.00117. The zero-order valence-corrected chi connectivity index (χ0v) is 16.0. The van der Waals surface area contributed by atoms with Crippen molar-refractivity contribution in [2.75, 3.05) is 20.2 Å².